The summed E-state index contributed by atoms with van der Waals surface area (Å²) in [6.07, 6.45) is 5.09. The Hall–Kier alpha value is -0.760. The van der Waals surface area contributed by atoms with Crippen molar-refractivity contribution >= 4 is 0 Å². The van der Waals surface area contributed by atoms with Gasteiger partial charge in [0, 0.05) is 19.8 Å². The Morgan fingerprint density at radius 2 is 2.20 bits per heavy atom. The molecule has 2 nitrogen and oxygen atoms in total. The van der Waals surface area contributed by atoms with Crippen molar-refractivity contribution in [2.24, 2.45) is 0 Å². The molecule has 0 bridgehead atoms. The molecule has 0 aliphatic rings. The zero-order valence-electron chi connectivity index (χ0n) is 7.02. The third-order valence-corrected chi connectivity index (χ3v) is 0.922. The van der Waals surface area contributed by atoms with Gasteiger partial charge < -0.3 is 5.43 Å². The Bertz CT molecular complexity index is 125. The van der Waals surface area contributed by atoms with E-state index in [1.54, 1.807) is 0 Å². The largest absolute Gasteiger partial charge is 0.320 e. The summed E-state index contributed by atoms with van der Waals surface area (Å²) in [4.78, 5) is 0. The van der Waals surface area contributed by atoms with Crippen molar-refractivity contribution in [3.8, 4) is 0 Å². The molecule has 0 aromatic rings. The third-order valence-electron chi connectivity index (χ3n) is 0.922. The number of hydrogen-bond acceptors (Lipinski definition) is 2. The molecule has 0 spiro atoms. The van der Waals surface area contributed by atoms with E-state index in [0.717, 1.165) is 12.1 Å². The van der Waals surface area contributed by atoms with Crippen LogP contribution in [0.3, 0.4) is 0 Å². The molecule has 0 aromatic heterocycles. The van der Waals surface area contributed by atoms with E-state index < -0.39 is 0 Å². The topological polar surface area (TPSA) is 15.3 Å². The maximum atomic E-state index is 3.79. The lowest BCUT2D eigenvalue weighted by atomic mass is 10.4. The zero-order valence-corrected chi connectivity index (χ0v) is 7.02. The number of nitrogens with zero attached hydrogens (tertiary/aromatic N) is 1. The van der Waals surface area contributed by atoms with Crippen LogP contribution in [-0.4, -0.2) is 19.1 Å². The standard InChI is InChI=1S/C8H16N2/c1-5-6-7-8(2)9-10(3)4/h6-7,9H,2,5H2,1,3-4H3/b7-6-. The first-order valence-corrected chi connectivity index (χ1v) is 3.46. The lowest BCUT2D eigenvalue weighted by Gasteiger charge is -2.12. The molecule has 0 unspecified atom stereocenters. The smallest absolute Gasteiger partial charge is 0.0414 e. The molecule has 0 aliphatic carbocycles. The molecular weight excluding hydrogens is 124 g/mol. The summed E-state index contributed by atoms with van der Waals surface area (Å²) in [5.41, 5.74) is 3.95. The molecule has 0 saturated heterocycles. The highest BCUT2D eigenvalue weighted by molar-refractivity contribution is 5.10. The van der Waals surface area contributed by atoms with Crippen LogP contribution in [0.2, 0.25) is 0 Å². The van der Waals surface area contributed by atoms with E-state index in [-0.39, 0.29) is 0 Å². The maximum Gasteiger partial charge on any atom is 0.0414 e. The monoisotopic (exact) mass is 140 g/mol. The molecule has 58 valence electrons. The molecule has 0 aromatic carbocycles. The van der Waals surface area contributed by atoms with Crippen molar-refractivity contribution in [2.45, 2.75) is 13.3 Å². The Morgan fingerprint density at radius 3 is 2.60 bits per heavy atom. The summed E-state index contributed by atoms with van der Waals surface area (Å²) in [6, 6.07) is 0. The summed E-state index contributed by atoms with van der Waals surface area (Å²) in [6.45, 7) is 5.89. The fourth-order valence-electron chi connectivity index (χ4n) is 0.585. The van der Waals surface area contributed by atoms with Gasteiger partial charge in [0.15, 0.2) is 0 Å². The van der Waals surface area contributed by atoms with Crippen LogP contribution >= 0.6 is 0 Å². The van der Waals surface area contributed by atoms with E-state index in [1.165, 1.54) is 0 Å². The van der Waals surface area contributed by atoms with E-state index in [2.05, 4.69) is 25.0 Å². The molecule has 0 amide bonds. The first-order valence-electron chi connectivity index (χ1n) is 3.46. The minimum atomic E-state index is 0.923. The Kier molecular flexibility index (Phi) is 4.67. The molecule has 1 N–H and O–H groups in total. The summed E-state index contributed by atoms with van der Waals surface area (Å²) >= 11 is 0. The number of nitrogens with one attached hydrogen (secondary N) is 1. The molecule has 2 heteroatoms. The third kappa shape index (κ3) is 5.38. The van der Waals surface area contributed by atoms with E-state index in [4.69, 9.17) is 0 Å². The molecule has 0 saturated carbocycles. The van der Waals surface area contributed by atoms with Crippen molar-refractivity contribution in [3.05, 3.63) is 24.4 Å². The quantitative estimate of drug-likeness (QED) is 0.470. The predicted molar refractivity (Wildman–Crippen MR) is 45.4 cm³/mol. The Labute approximate surface area is 63.2 Å². The second-order valence-corrected chi connectivity index (χ2v) is 2.34. The van der Waals surface area contributed by atoms with Crippen molar-refractivity contribution in [3.63, 3.8) is 0 Å². The lowest BCUT2D eigenvalue weighted by molar-refractivity contribution is 0.333. The summed E-state index contributed by atoms with van der Waals surface area (Å²) in [7, 11) is 3.87. The van der Waals surface area contributed by atoms with Crippen LogP contribution in [0.25, 0.3) is 0 Å². The Morgan fingerprint density at radius 1 is 1.60 bits per heavy atom. The first-order chi connectivity index (χ1) is 4.66. The van der Waals surface area contributed by atoms with E-state index in [9.17, 15) is 0 Å². The van der Waals surface area contributed by atoms with Gasteiger partial charge in [-0.15, -0.1) is 0 Å². The van der Waals surface area contributed by atoms with Gasteiger partial charge in [0.05, 0.1) is 0 Å². The minimum absolute atomic E-state index is 0.923. The lowest BCUT2D eigenvalue weighted by Crippen LogP contribution is -2.28. The Balaban J connectivity index is 3.54. The SMILES string of the molecule is C=C(/C=C\CC)NN(C)C. The fourth-order valence-corrected chi connectivity index (χ4v) is 0.585. The van der Waals surface area contributed by atoms with Crippen LogP contribution in [0.15, 0.2) is 24.4 Å². The van der Waals surface area contributed by atoms with Crippen LogP contribution in [0.5, 0.6) is 0 Å². The van der Waals surface area contributed by atoms with Crippen LogP contribution in [0.4, 0.5) is 0 Å². The predicted octanol–water partition coefficient (Wildman–Crippen LogP) is 1.53. The number of allylic oxidation sites excluding steroid dienone is 2. The van der Waals surface area contributed by atoms with Gasteiger partial charge in [-0.3, -0.25) is 0 Å². The van der Waals surface area contributed by atoms with Gasteiger partial charge in [0.25, 0.3) is 0 Å². The van der Waals surface area contributed by atoms with Crippen molar-refractivity contribution in [1.82, 2.24) is 10.4 Å². The van der Waals surface area contributed by atoms with E-state index >= 15 is 0 Å². The highest BCUT2D eigenvalue weighted by atomic mass is 15.5. The molecule has 0 rings (SSSR count). The fraction of sp³-hybridized carbons (Fsp3) is 0.500. The van der Waals surface area contributed by atoms with Crippen LogP contribution in [-0.2, 0) is 0 Å². The van der Waals surface area contributed by atoms with E-state index in [0.29, 0.717) is 0 Å². The molecule has 0 fully saturated rings. The second kappa shape index (κ2) is 5.06. The van der Waals surface area contributed by atoms with Crippen molar-refractivity contribution in [2.75, 3.05) is 14.1 Å². The van der Waals surface area contributed by atoms with Gasteiger partial charge in [-0.25, -0.2) is 5.01 Å². The molecular formula is C8H16N2. The average Bonchev–Trinajstić information content (AvgIpc) is 1.82. The maximum absolute atomic E-state index is 3.79. The number of hydrazine groups is 1. The summed E-state index contributed by atoms with van der Waals surface area (Å²) in [5.74, 6) is 0. The van der Waals surface area contributed by atoms with Crippen molar-refractivity contribution < 1.29 is 0 Å². The molecule has 0 aliphatic heterocycles. The van der Waals surface area contributed by atoms with Gasteiger partial charge in [-0.05, 0) is 12.5 Å². The molecule has 0 atom stereocenters. The molecule has 0 heterocycles. The zero-order chi connectivity index (χ0) is 7.98. The van der Waals surface area contributed by atoms with Crippen LogP contribution < -0.4 is 5.43 Å². The van der Waals surface area contributed by atoms with Gasteiger partial charge in [0.1, 0.15) is 0 Å². The van der Waals surface area contributed by atoms with Crippen LogP contribution in [0, 0.1) is 0 Å². The first kappa shape index (κ1) is 9.24. The van der Waals surface area contributed by atoms with Gasteiger partial charge >= 0.3 is 0 Å². The van der Waals surface area contributed by atoms with Crippen LogP contribution in [0.1, 0.15) is 13.3 Å². The average molecular weight is 140 g/mol. The van der Waals surface area contributed by atoms with Crippen molar-refractivity contribution in [1.29, 1.82) is 0 Å². The number of hydrogen-bond donors (Lipinski definition) is 1. The normalized spacial score (nSPS) is 10.8. The number of rotatable bonds is 4. The van der Waals surface area contributed by atoms with E-state index in [1.807, 2.05) is 25.2 Å². The summed E-state index contributed by atoms with van der Waals surface area (Å²) < 4.78 is 0. The van der Waals surface area contributed by atoms with Gasteiger partial charge in [-0.2, -0.15) is 0 Å². The molecule has 10 heavy (non-hydrogen) atoms. The highest BCUT2D eigenvalue weighted by Gasteiger charge is 1.85. The second-order valence-electron chi connectivity index (χ2n) is 2.34. The summed E-state index contributed by atoms with van der Waals surface area (Å²) in [5, 5.41) is 1.86. The highest BCUT2D eigenvalue weighted by Crippen LogP contribution is 1.89. The van der Waals surface area contributed by atoms with Gasteiger partial charge in [0.2, 0.25) is 0 Å². The minimum Gasteiger partial charge on any atom is -0.320 e. The van der Waals surface area contributed by atoms with Gasteiger partial charge in [-0.1, -0.05) is 19.6 Å². The molecule has 0 radical (unpaired) electrons.